The Morgan fingerprint density at radius 3 is 2.70 bits per heavy atom. The minimum Gasteiger partial charge on any atom is -0.371 e. The van der Waals surface area contributed by atoms with Crippen LogP contribution in [-0.2, 0) is 0 Å². The first-order chi connectivity index (χ1) is 10.8. The number of aromatic nitrogens is 2. The molecule has 3 nitrogen and oxygen atoms in total. The molecule has 1 aliphatic rings. The number of hydrogen-bond donors (Lipinski definition) is 0. The lowest BCUT2D eigenvalue weighted by Crippen LogP contribution is -2.48. The molecule has 122 valence electrons. The molecule has 3 heterocycles. The highest BCUT2D eigenvalue weighted by molar-refractivity contribution is 6.29. The van der Waals surface area contributed by atoms with E-state index in [0.717, 1.165) is 18.7 Å². The Morgan fingerprint density at radius 2 is 2.04 bits per heavy atom. The van der Waals surface area contributed by atoms with Crippen molar-refractivity contribution >= 4 is 17.3 Å². The van der Waals surface area contributed by atoms with Crippen LogP contribution in [0.1, 0.15) is 13.3 Å². The number of anilines is 1. The molecule has 0 unspecified atom stereocenters. The van der Waals surface area contributed by atoms with Gasteiger partial charge in [-0.3, -0.25) is 4.98 Å². The molecule has 0 amide bonds. The van der Waals surface area contributed by atoms with Crippen molar-refractivity contribution in [3.8, 4) is 11.3 Å². The average Bonchev–Trinajstić information content (AvgIpc) is 2.41. The molecule has 1 fully saturated rings. The normalized spacial score (nSPS) is 15.6. The van der Waals surface area contributed by atoms with E-state index in [1.54, 1.807) is 18.3 Å². The molecular formula is C16H15ClF3N3. The van der Waals surface area contributed by atoms with Gasteiger partial charge in [0, 0.05) is 43.7 Å². The van der Waals surface area contributed by atoms with Crippen molar-refractivity contribution < 1.29 is 13.2 Å². The first kappa shape index (κ1) is 16.1. The van der Waals surface area contributed by atoms with Gasteiger partial charge >= 0.3 is 0 Å². The molecule has 0 aromatic carbocycles. The summed E-state index contributed by atoms with van der Waals surface area (Å²) in [7, 11) is 0. The van der Waals surface area contributed by atoms with Gasteiger partial charge in [-0.2, -0.15) is 0 Å². The molecule has 1 saturated heterocycles. The van der Waals surface area contributed by atoms with Crippen LogP contribution in [0.2, 0.25) is 5.15 Å². The van der Waals surface area contributed by atoms with Crippen LogP contribution in [0.3, 0.4) is 0 Å². The number of nitrogens with zero attached hydrogens (tertiary/aromatic N) is 3. The quantitative estimate of drug-likeness (QED) is 0.771. The Morgan fingerprint density at radius 1 is 1.30 bits per heavy atom. The first-order valence-electron chi connectivity index (χ1n) is 7.22. The molecule has 1 aliphatic heterocycles. The third-order valence-electron chi connectivity index (χ3n) is 3.81. The van der Waals surface area contributed by atoms with Crippen LogP contribution in [0, 0.1) is 11.7 Å². The Hall–Kier alpha value is -1.82. The van der Waals surface area contributed by atoms with Gasteiger partial charge in [-0.05, 0) is 25.0 Å². The van der Waals surface area contributed by atoms with Gasteiger partial charge in [0.2, 0.25) is 5.92 Å². The highest BCUT2D eigenvalue weighted by Crippen LogP contribution is 2.33. The minimum absolute atomic E-state index is 0.0273. The zero-order valence-corrected chi connectivity index (χ0v) is 13.2. The van der Waals surface area contributed by atoms with E-state index < -0.39 is 11.7 Å². The van der Waals surface area contributed by atoms with Crippen LogP contribution in [0.15, 0.2) is 30.6 Å². The van der Waals surface area contributed by atoms with E-state index in [0.29, 0.717) is 18.8 Å². The summed E-state index contributed by atoms with van der Waals surface area (Å²) in [6, 6.07) is 4.65. The fourth-order valence-corrected chi connectivity index (χ4v) is 2.92. The predicted octanol–water partition coefficient (Wildman–Crippen LogP) is 4.42. The molecule has 3 rings (SSSR count). The van der Waals surface area contributed by atoms with Crippen molar-refractivity contribution in [2.45, 2.75) is 19.3 Å². The Labute approximate surface area is 137 Å². The smallest absolute Gasteiger partial charge is 0.245 e. The average molecular weight is 342 g/mol. The highest BCUT2D eigenvalue weighted by Gasteiger charge is 2.34. The van der Waals surface area contributed by atoms with E-state index in [1.807, 2.05) is 4.90 Å². The molecule has 0 atom stereocenters. The van der Waals surface area contributed by atoms with Crippen molar-refractivity contribution in [1.29, 1.82) is 0 Å². The van der Waals surface area contributed by atoms with E-state index in [9.17, 15) is 13.2 Å². The third kappa shape index (κ3) is 3.75. The van der Waals surface area contributed by atoms with Crippen LogP contribution in [0.5, 0.6) is 0 Å². The first-order valence-corrected chi connectivity index (χ1v) is 7.60. The molecule has 0 saturated carbocycles. The van der Waals surface area contributed by atoms with E-state index in [-0.39, 0.29) is 23.1 Å². The summed E-state index contributed by atoms with van der Waals surface area (Å²) >= 11 is 5.65. The number of pyridine rings is 2. The maximum Gasteiger partial charge on any atom is 0.245 e. The topological polar surface area (TPSA) is 29.0 Å². The second-order valence-corrected chi connectivity index (χ2v) is 6.32. The van der Waals surface area contributed by atoms with Crippen LogP contribution in [-0.4, -0.2) is 29.0 Å². The Kier molecular flexibility index (Phi) is 4.19. The zero-order chi connectivity index (χ0) is 16.6. The molecule has 2 aromatic rings. The van der Waals surface area contributed by atoms with Crippen molar-refractivity contribution in [3.63, 3.8) is 0 Å². The maximum atomic E-state index is 14.0. The fourth-order valence-electron chi connectivity index (χ4n) is 2.78. The van der Waals surface area contributed by atoms with Gasteiger partial charge < -0.3 is 4.90 Å². The summed E-state index contributed by atoms with van der Waals surface area (Å²) in [5, 5.41) is 0.0773. The molecule has 23 heavy (non-hydrogen) atoms. The van der Waals surface area contributed by atoms with Gasteiger partial charge in [-0.15, -0.1) is 0 Å². The predicted molar refractivity (Wildman–Crippen MR) is 83.4 cm³/mol. The summed E-state index contributed by atoms with van der Waals surface area (Å²) in [5.41, 5.74) is 1.53. The number of halogens is 4. The van der Waals surface area contributed by atoms with Gasteiger partial charge in [-0.1, -0.05) is 11.6 Å². The second kappa shape index (κ2) is 6.00. The van der Waals surface area contributed by atoms with Gasteiger partial charge in [0.25, 0.3) is 0 Å². The van der Waals surface area contributed by atoms with E-state index >= 15 is 0 Å². The van der Waals surface area contributed by atoms with Crippen LogP contribution >= 0.6 is 11.6 Å². The summed E-state index contributed by atoms with van der Waals surface area (Å²) < 4.78 is 39.9. The molecule has 7 heteroatoms. The molecule has 0 radical (unpaired) electrons. The molecule has 0 bridgehead atoms. The minimum atomic E-state index is -2.64. The van der Waals surface area contributed by atoms with Crippen LogP contribution < -0.4 is 4.90 Å². The molecule has 2 aromatic heterocycles. The molecule has 0 aliphatic carbocycles. The van der Waals surface area contributed by atoms with Gasteiger partial charge in [0.15, 0.2) is 0 Å². The van der Waals surface area contributed by atoms with Gasteiger partial charge in [-0.25, -0.2) is 18.2 Å². The number of hydrogen-bond acceptors (Lipinski definition) is 3. The number of alkyl halides is 2. The van der Waals surface area contributed by atoms with E-state index in [4.69, 9.17) is 11.6 Å². The van der Waals surface area contributed by atoms with Crippen molar-refractivity contribution in [3.05, 3.63) is 41.6 Å². The third-order valence-corrected chi connectivity index (χ3v) is 4.02. The van der Waals surface area contributed by atoms with Crippen LogP contribution in [0.4, 0.5) is 18.9 Å². The zero-order valence-electron chi connectivity index (χ0n) is 12.4. The molecule has 0 spiro atoms. The van der Waals surface area contributed by atoms with E-state index in [1.165, 1.54) is 6.20 Å². The lowest BCUT2D eigenvalue weighted by Gasteiger charge is -2.42. The maximum absolute atomic E-state index is 14.0. The summed E-state index contributed by atoms with van der Waals surface area (Å²) in [5.74, 6) is -3.17. The van der Waals surface area contributed by atoms with Crippen molar-refractivity contribution in [1.82, 2.24) is 9.97 Å². The Bertz CT molecular complexity index is 712. The van der Waals surface area contributed by atoms with Gasteiger partial charge in [0.1, 0.15) is 11.0 Å². The van der Waals surface area contributed by atoms with Crippen LogP contribution in [0.25, 0.3) is 11.3 Å². The van der Waals surface area contributed by atoms with E-state index in [2.05, 4.69) is 9.97 Å². The second-order valence-electron chi connectivity index (χ2n) is 5.93. The largest absolute Gasteiger partial charge is 0.371 e. The van der Waals surface area contributed by atoms with Crippen molar-refractivity contribution in [2.75, 3.05) is 18.0 Å². The molecule has 0 N–H and O–H groups in total. The highest BCUT2D eigenvalue weighted by atomic mass is 35.5. The lowest BCUT2D eigenvalue weighted by molar-refractivity contribution is -0.00732. The van der Waals surface area contributed by atoms with Crippen molar-refractivity contribution in [2.24, 2.45) is 5.92 Å². The summed E-state index contributed by atoms with van der Waals surface area (Å²) in [6.45, 7) is 2.07. The number of rotatable bonds is 4. The fraction of sp³-hybridized carbons (Fsp3) is 0.375. The monoisotopic (exact) mass is 341 g/mol. The Balaban J connectivity index is 1.74. The summed E-state index contributed by atoms with van der Waals surface area (Å²) in [4.78, 5) is 9.99. The lowest BCUT2D eigenvalue weighted by atomic mass is 9.93. The summed E-state index contributed by atoms with van der Waals surface area (Å²) in [6.07, 6.45) is 2.79. The SMILES string of the molecule is CC(F)(F)CC1CN(c2ccnc(-c3cnc(Cl)cc3F)c2)C1. The van der Waals surface area contributed by atoms with Gasteiger partial charge in [0.05, 0.1) is 11.3 Å². The molecular weight excluding hydrogens is 327 g/mol. The standard InChI is InChI=1S/C16H15ClF3N3/c1-16(19,20)6-10-8-23(9-10)11-2-3-21-14(4-11)12-7-22-15(17)5-13(12)18/h2-5,7,10H,6,8-9H2,1H3.